The number of aromatic nitrogens is 2. The van der Waals surface area contributed by atoms with Gasteiger partial charge >= 0.3 is 0 Å². The molecule has 2 heterocycles. The molecule has 1 saturated carbocycles. The summed E-state index contributed by atoms with van der Waals surface area (Å²) < 4.78 is 30.6. The van der Waals surface area contributed by atoms with Gasteiger partial charge in [0.2, 0.25) is 11.9 Å². The van der Waals surface area contributed by atoms with Gasteiger partial charge in [-0.15, -0.1) is 0 Å². The first-order valence-corrected chi connectivity index (χ1v) is 12.1. The maximum Gasteiger partial charge on any atom is 0.234 e. The van der Waals surface area contributed by atoms with Crippen LogP contribution in [-0.2, 0) is 19.4 Å². The van der Waals surface area contributed by atoms with Crippen molar-refractivity contribution in [2.75, 3.05) is 18.5 Å². The Morgan fingerprint density at radius 2 is 1.87 bits per heavy atom. The number of nitrogens with zero attached hydrogens (tertiary/aromatic N) is 2. The highest BCUT2D eigenvalue weighted by atomic mass is 35.5. The molecule has 1 saturated heterocycles. The third-order valence-corrected chi connectivity index (χ3v) is 8.40. The van der Waals surface area contributed by atoms with E-state index in [0.29, 0.717) is 44.0 Å². The fraction of sp³-hybridized carbons (Fsp3) is 0.476. The van der Waals surface area contributed by atoms with E-state index in [1.165, 1.54) is 6.07 Å². The van der Waals surface area contributed by atoms with E-state index >= 15 is 0 Å². The summed E-state index contributed by atoms with van der Waals surface area (Å²) in [7, 11) is -3.40. The van der Waals surface area contributed by atoms with E-state index in [-0.39, 0.29) is 27.0 Å². The molecule has 160 valence electrons. The molecule has 0 bridgehead atoms. The highest BCUT2D eigenvalue weighted by molar-refractivity contribution is 7.92. The number of hydrogen-bond acceptors (Lipinski definition) is 6. The van der Waals surface area contributed by atoms with Crippen molar-refractivity contribution in [2.24, 2.45) is 5.92 Å². The molecule has 2 fully saturated rings. The standard InChI is InChI=1S/C21H24ClN3O4S/c22-18-13-15(2-5-19(18)30(27,28)16-3-4-16)17(12-14-6-10-29-11-7-14)20(26)25-21-23-8-1-9-24-21/h1-2,5,8-9,13-14,16-17H,3-4,6-7,10-12H2,(H,23,24,25,26). The summed E-state index contributed by atoms with van der Waals surface area (Å²) in [4.78, 5) is 21.4. The number of anilines is 1. The number of rotatable bonds is 7. The van der Waals surface area contributed by atoms with Gasteiger partial charge in [-0.05, 0) is 61.8 Å². The molecule has 0 spiro atoms. The highest BCUT2D eigenvalue weighted by Crippen LogP contribution is 2.38. The Hall–Kier alpha value is -2.03. The first-order chi connectivity index (χ1) is 14.4. The van der Waals surface area contributed by atoms with E-state index in [9.17, 15) is 13.2 Å². The normalized spacial score (nSPS) is 18.7. The third-order valence-electron chi connectivity index (χ3n) is 5.66. The van der Waals surface area contributed by atoms with Crippen LogP contribution in [0.4, 0.5) is 5.95 Å². The molecule has 4 rings (SSSR count). The van der Waals surface area contributed by atoms with Crippen molar-refractivity contribution in [3.8, 4) is 0 Å². The number of carbonyl (C=O) groups excluding carboxylic acids is 1. The van der Waals surface area contributed by atoms with Gasteiger partial charge < -0.3 is 4.74 Å². The van der Waals surface area contributed by atoms with Crippen LogP contribution < -0.4 is 5.32 Å². The molecule has 1 unspecified atom stereocenters. The Kier molecular flexibility index (Phi) is 6.36. The Morgan fingerprint density at radius 1 is 1.17 bits per heavy atom. The van der Waals surface area contributed by atoms with Gasteiger partial charge in [0.05, 0.1) is 21.1 Å². The van der Waals surface area contributed by atoms with Crippen molar-refractivity contribution in [3.63, 3.8) is 0 Å². The second-order valence-electron chi connectivity index (χ2n) is 7.84. The number of amides is 1. The molecule has 7 nitrogen and oxygen atoms in total. The lowest BCUT2D eigenvalue weighted by atomic mass is 9.84. The first-order valence-electron chi connectivity index (χ1n) is 10.1. The summed E-state index contributed by atoms with van der Waals surface area (Å²) in [5, 5.41) is 2.60. The molecule has 1 aromatic heterocycles. The Morgan fingerprint density at radius 3 is 2.50 bits per heavy atom. The molecule has 1 aliphatic carbocycles. The average molecular weight is 450 g/mol. The van der Waals surface area contributed by atoms with Gasteiger partial charge in [0.25, 0.3) is 0 Å². The van der Waals surface area contributed by atoms with Crippen LogP contribution in [0.1, 0.15) is 43.6 Å². The van der Waals surface area contributed by atoms with Crippen LogP contribution in [-0.4, -0.2) is 42.8 Å². The van der Waals surface area contributed by atoms with Gasteiger partial charge in [-0.3, -0.25) is 10.1 Å². The summed E-state index contributed by atoms with van der Waals surface area (Å²) in [6.45, 7) is 1.36. The lowest BCUT2D eigenvalue weighted by Gasteiger charge is -2.26. The SMILES string of the molecule is O=C(Nc1ncccn1)C(CC1CCOCC1)c1ccc(S(=O)(=O)C2CC2)c(Cl)c1. The van der Waals surface area contributed by atoms with Crippen molar-refractivity contribution in [1.29, 1.82) is 0 Å². The van der Waals surface area contributed by atoms with Crippen LogP contribution >= 0.6 is 11.6 Å². The van der Waals surface area contributed by atoms with Crippen LogP contribution in [0.15, 0.2) is 41.6 Å². The van der Waals surface area contributed by atoms with E-state index in [2.05, 4.69) is 15.3 Å². The molecule has 1 aliphatic heterocycles. The number of sulfone groups is 1. The maximum atomic E-state index is 13.1. The van der Waals surface area contributed by atoms with Crippen molar-refractivity contribution < 1.29 is 17.9 Å². The Labute approximate surface area is 181 Å². The largest absolute Gasteiger partial charge is 0.381 e. The van der Waals surface area contributed by atoms with Gasteiger partial charge in [-0.1, -0.05) is 17.7 Å². The van der Waals surface area contributed by atoms with E-state index in [0.717, 1.165) is 12.8 Å². The number of benzene rings is 1. The van der Waals surface area contributed by atoms with Gasteiger partial charge in [0, 0.05) is 25.6 Å². The van der Waals surface area contributed by atoms with Crippen LogP contribution in [0.5, 0.6) is 0 Å². The number of halogens is 1. The number of nitrogens with one attached hydrogen (secondary N) is 1. The number of hydrogen-bond donors (Lipinski definition) is 1. The smallest absolute Gasteiger partial charge is 0.234 e. The predicted octanol–water partition coefficient (Wildman–Crippen LogP) is 3.61. The monoisotopic (exact) mass is 449 g/mol. The zero-order valence-corrected chi connectivity index (χ0v) is 18.0. The molecular formula is C21H24ClN3O4S. The summed E-state index contributed by atoms with van der Waals surface area (Å²) in [5.74, 6) is -0.160. The van der Waals surface area contributed by atoms with Crippen LogP contribution in [0.2, 0.25) is 5.02 Å². The number of ether oxygens (including phenoxy) is 1. The topological polar surface area (TPSA) is 98.2 Å². The van der Waals surface area contributed by atoms with Gasteiger partial charge in [-0.2, -0.15) is 0 Å². The maximum absolute atomic E-state index is 13.1. The summed E-state index contributed by atoms with van der Waals surface area (Å²) >= 11 is 6.38. The Balaban J connectivity index is 1.61. The summed E-state index contributed by atoms with van der Waals surface area (Å²) in [5.41, 5.74) is 0.690. The van der Waals surface area contributed by atoms with Crippen molar-refractivity contribution in [2.45, 2.75) is 48.2 Å². The second kappa shape index (κ2) is 8.99. The van der Waals surface area contributed by atoms with Crippen molar-refractivity contribution in [3.05, 3.63) is 47.2 Å². The van der Waals surface area contributed by atoms with Crippen molar-refractivity contribution >= 4 is 33.3 Å². The van der Waals surface area contributed by atoms with E-state index in [1.54, 1.807) is 30.6 Å². The molecule has 2 aromatic rings. The number of carbonyl (C=O) groups is 1. The van der Waals surface area contributed by atoms with Crippen molar-refractivity contribution in [1.82, 2.24) is 9.97 Å². The minimum atomic E-state index is -3.40. The lowest BCUT2D eigenvalue weighted by Crippen LogP contribution is -2.26. The fourth-order valence-corrected chi connectivity index (χ4v) is 6.01. The molecule has 1 atom stereocenters. The van der Waals surface area contributed by atoms with Crippen LogP contribution in [0.3, 0.4) is 0 Å². The first kappa shape index (κ1) is 21.2. The molecule has 1 amide bonds. The van der Waals surface area contributed by atoms with E-state index in [4.69, 9.17) is 16.3 Å². The van der Waals surface area contributed by atoms with E-state index in [1.807, 2.05) is 0 Å². The summed E-state index contributed by atoms with van der Waals surface area (Å²) in [6.07, 6.45) is 6.85. The molecule has 2 aliphatic rings. The Bertz CT molecular complexity index is 1010. The molecule has 1 aromatic carbocycles. The average Bonchev–Trinajstić information content (AvgIpc) is 3.59. The van der Waals surface area contributed by atoms with Gasteiger partial charge in [0.1, 0.15) is 0 Å². The van der Waals surface area contributed by atoms with Crippen LogP contribution in [0, 0.1) is 5.92 Å². The summed E-state index contributed by atoms with van der Waals surface area (Å²) in [6, 6.07) is 6.53. The lowest BCUT2D eigenvalue weighted by molar-refractivity contribution is -0.118. The second-order valence-corrected chi connectivity index (χ2v) is 10.4. The van der Waals surface area contributed by atoms with E-state index < -0.39 is 15.8 Å². The predicted molar refractivity (Wildman–Crippen MR) is 113 cm³/mol. The minimum absolute atomic E-state index is 0.145. The highest BCUT2D eigenvalue weighted by Gasteiger charge is 2.38. The van der Waals surface area contributed by atoms with Gasteiger partial charge in [0.15, 0.2) is 9.84 Å². The fourth-order valence-electron chi connectivity index (χ4n) is 3.79. The zero-order chi connectivity index (χ0) is 21.1. The molecule has 9 heteroatoms. The molecular weight excluding hydrogens is 426 g/mol. The quantitative estimate of drug-likeness (QED) is 0.693. The zero-order valence-electron chi connectivity index (χ0n) is 16.5. The molecule has 30 heavy (non-hydrogen) atoms. The molecule has 1 N–H and O–H groups in total. The minimum Gasteiger partial charge on any atom is -0.381 e. The molecule has 0 radical (unpaired) electrons. The third kappa shape index (κ3) is 4.82. The van der Waals surface area contributed by atoms with Crippen LogP contribution in [0.25, 0.3) is 0 Å². The van der Waals surface area contributed by atoms with Gasteiger partial charge in [-0.25, -0.2) is 18.4 Å².